The van der Waals surface area contributed by atoms with E-state index >= 15 is 0 Å². The van der Waals surface area contributed by atoms with Crippen molar-refractivity contribution >= 4 is 23.4 Å². The highest BCUT2D eigenvalue weighted by molar-refractivity contribution is 6.31. The Bertz CT molecular complexity index is 554. The van der Waals surface area contributed by atoms with E-state index in [0.717, 1.165) is 48.7 Å². The van der Waals surface area contributed by atoms with Gasteiger partial charge in [0.05, 0.1) is 0 Å². The van der Waals surface area contributed by atoms with Gasteiger partial charge in [-0.25, -0.2) is 4.79 Å². The molecule has 1 aliphatic rings. The largest absolute Gasteiger partial charge is 0.444 e. The first-order chi connectivity index (χ1) is 10.7. The van der Waals surface area contributed by atoms with E-state index in [9.17, 15) is 4.79 Å². The number of nitrogens with one attached hydrogen (secondary N) is 1. The molecule has 2 rings (SSSR count). The summed E-state index contributed by atoms with van der Waals surface area (Å²) in [5.41, 5.74) is 1.65. The third-order valence-corrected chi connectivity index (χ3v) is 4.34. The van der Waals surface area contributed by atoms with Crippen molar-refractivity contribution in [3.8, 4) is 0 Å². The fourth-order valence-corrected chi connectivity index (χ4v) is 2.87. The lowest BCUT2D eigenvalue weighted by molar-refractivity contribution is 0.0172. The second-order valence-corrected chi connectivity index (χ2v) is 7.69. The Morgan fingerprint density at radius 1 is 1.43 bits per heavy atom. The number of rotatable bonds is 3. The van der Waals surface area contributed by atoms with Gasteiger partial charge in [0.1, 0.15) is 5.60 Å². The highest BCUT2D eigenvalue weighted by Crippen LogP contribution is 2.22. The van der Waals surface area contributed by atoms with Gasteiger partial charge in [-0.15, -0.1) is 0 Å². The summed E-state index contributed by atoms with van der Waals surface area (Å²) < 4.78 is 5.47. The van der Waals surface area contributed by atoms with Gasteiger partial charge in [-0.3, -0.25) is 0 Å². The molecule has 0 spiro atoms. The fourth-order valence-electron chi connectivity index (χ4n) is 2.69. The molecule has 1 heterocycles. The molecule has 0 bridgehead atoms. The zero-order chi connectivity index (χ0) is 17.0. The van der Waals surface area contributed by atoms with Gasteiger partial charge in [0.25, 0.3) is 0 Å². The van der Waals surface area contributed by atoms with Crippen LogP contribution in [0.2, 0.25) is 5.02 Å². The number of amides is 1. The van der Waals surface area contributed by atoms with Crippen LogP contribution in [0.1, 0.15) is 39.2 Å². The predicted octanol–water partition coefficient (Wildman–Crippen LogP) is 4.71. The van der Waals surface area contributed by atoms with Gasteiger partial charge in [-0.05, 0) is 64.2 Å². The molecule has 1 fully saturated rings. The van der Waals surface area contributed by atoms with E-state index in [2.05, 4.69) is 5.32 Å². The third-order valence-electron chi connectivity index (χ3n) is 3.94. The Balaban J connectivity index is 1.86. The van der Waals surface area contributed by atoms with Crippen molar-refractivity contribution in [2.75, 3.05) is 25.0 Å². The summed E-state index contributed by atoms with van der Waals surface area (Å²) in [6, 6.07) is 6.00. The normalized spacial score (nSPS) is 18.7. The van der Waals surface area contributed by atoms with Crippen LogP contribution in [-0.2, 0) is 4.74 Å². The van der Waals surface area contributed by atoms with Crippen LogP contribution < -0.4 is 5.32 Å². The SMILES string of the molecule is Cc1ccc(NCC2CCCN(C(=O)OC(C)(C)C)C2)cc1Cl. The summed E-state index contributed by atoms with van der Waals surface area (Å²) in [7, 11) is 0. The molecule has 0 radical (unpaired) electrons. The third kappa shape index (κ3) is 5.61. The van der Waals surface area contributed by atoms with Crippen molar-refractivity contribution < 1.29 is 9.53 Å². The second-order valence-electron chi connectivity index (χ2n) is 7.28. The molecule has 4 nitrogen and oxygen atoms in total. The molecule has 0 aromatic heterocycles. The number of anilines is 1. The van der Waals surface area contributed by atoms with Crippen molar-refractivity contribution in [2.45, 2.75) is 46.1 Å². The molecule has 1 aromatic rings. The maximum absolute atomic E-state index is 12.2. The van der Waals surface area contributed by atoms with E-state index in [1.807, 2.05) is 50.8 Å². The quantitative estimate of drug-likeness (QED) is 0.868. The topological polar surface area (TPSA) is 41.6 Å². The first kappa shape index (κ1) is 17.9. The van der Waals surface area contributed by atoms with Gasteiger partial charge in [0, 0.05) is 30.3 Å². The maximum atomic E-state index is 12.2. The Kier molecular flexibility index (Phi) is 5.79. The van der Waals surface area contributed by atoms with Gasteiger partial charge in [-0.1, -0.05) is 17.7 Å². The van der Waals surface area contributed by atoms with E-state index in [4.69, 9.17) is 16.3 Å². The zero-order valence-electron chi connectivity index (χ0n) is 14.5. The Labute approximate surface area is 144 Å². The van der Waals surface area contributed by atoms with Crippen LogP contribution in [0.5, 0.6) is 0 Å². The lowest BCUT2D eigenvalue weighted by Crippen LogP contribution is -2.44. The lowest BCUT2D eigenvalue weighted by Gasteiger charge is -2.34. The number of piperidine rings is 1. The van der Waals surface area contributed by atoms with Gasteiger partial charge in [0.15, 0.2) is 0 Å². The molecule has 1 aromatic carbocycles. The summed E-state index contributed by atoms with van der Waals surface area (Å²) in [6.45, 7) is 10.0. The number of hydrogen-bond acceptors (Lipinski definition) is 3. The number of nitrogens with zero attached hydrogens (tertiary/aromatic N) is 1. The highest BCUT2D eigenvalue weighted by atomic mass is 35.5. The monoisotopic (exact) mass is 338 g/mol. The number of aryl methyl sites for hydroxylation is 1. The van der Waals surface area contributed by atoms with Crippen LogP contribution in [0.3, 0.4) is 0 Å². The van der Waals surface area contributed by atoms with E-state index < -0.39 is 5.60 Å². The van der Waals surface area contributed by atoms with Crippen LogP contribution in [0.15, 0.2) is 18.2 Å². The zero-order valence-corrected chi connectivity index (χ0v) is 15.2. The van der Waals surface area contributed by atoms with Crippen molar-refractivity contribution in [3.63, 3.8) is 0 Å². The van der Waals surface area contributed by atoms with Gasteiger partial charge < -0.3 is 15.0 Å². The Morgan fingerprint density at radius 2 is 2.17 bits per heavy atom. The van der Waals surface area contributed by atoms with Crippen molar-refractivity contribution in [1.82, 2.24) is 4.90 Å². The van der Waals surface area contributed by atoms with Crippen LogP contribution in [0.4, 0.5) is 10.5 Å². The minimum absolute atomic E-state index is 0.208. The predicted molar refractivity (Wildman–Crippen MR) is 95.2 cm³/mol. The van der Waals surface area contributed by atoms with Gasteiger partial charge in [0.2, 0.25) is 0 Å². The minimum Gasteiger partial charge on any atom is -0.444 e. The molecule has 1 saturated heterocycles. The average molecular weight is 339 g/mol. The van der Waals surface area contributed by atoms with E-state index in [-0.39, 0.29) is 6.09 Å². The molecular weight excluding hydrogens is 312 g/mol. The summed E-state index contributed by atoms with van der Waals surface area (Å²) in [5, 5.41) is 4.20. The Hall–Kier alpha value is -1.42. The second kappa shape index (κ2) is 7.43. The molecule has 5 heteroatoms. The maximum Gasteiger partial charge on any atom is 0.410 e. The number of halogens is 1. The van der Waals surface area contributed by atoms with Crippen molar-refractivity contribution in [3.05, 3.63) is 28.8 Å². The lowest BCUT2D eigenvalue weighted by atomic mass is 9.98. The molecule has 1 amide bonds. The molecule has 1 N–H and O–H groups in total. The summed E-state index contributed by atoms with van der Waals surface area (Å²) >= 11 is 6.15. The van der Waals surface area contributed by atoms with Crippen LogP contribution >= 0.6 is 11.6 Å². The molecule has 1 unspecified atom stereocenters. The first-order valence-electron chi connectivity index (χ1n) is 8.22. The van der Waals surface area contributed by atoms with Crippen LogP contribution in [-0.4, -0.2) is 36.2 Å². The summed E-state index contributed by atoms with van der Waals surface area (Å²) in [4.78, 5) is 14.0. The van der Waals surface area contributed by atoms with Gasteiger partial charge >= 0.3 is 6.09 Å². The molecule has 1 aliphatic heterocycles. The average Bonchev–Trinajstić information content (AvgIpc) is 2.47. The first-order valence-corrected chi connectivity index (χ1v) is 8.60. The molecule has 0 aliphatic carbocycles. The standard InChI is InChI=1S/C18H27ClN2O2/c1-13-7-8-15(10-16(13)19)20-11-14-6-5-9-21(12-14)17(22)23-18(2,3)4/h7-8,10,14,20H,5-6,9,11-12H2,1-4H3. The fraction of sp³-hybridized carbons (Fsp3) is 0.611. The van der Waals surface area contributed by atoms with Crippen LogP contribution in [0, 0.1) is 12.8 Å². The van der Waals surface area contributed by atoms with E-state index in [1.54, 1.807) is 0 Å². The number of hydrogen-bond donors (Lipinski definition) is 1. The number of carbonyl (C=O) groups excluding carboxylic acids is 1. The summed E-state index contributed by atoms with van der Waals surface area (Å²) in [6.07, 6.45) is 1.92. The number of benzene rings is 1. The minimum atomic E-state index is -0.444. The van der Waals surface area contributed by atoms with Crippen LogP contribution in [0.25, 0.3) is 0 Å². The van der Waals surface area contributed by atoms with Crippen molar-refractivity contribution in [1.29, 1.82) is 0 Å². The number of ether oxygens (including phenoxy) is 1. The highest BCUT2D eigenvalue weighted by Gasteiger charge is 2.27. The smallest absolute Gasteiger partial charge is 0.410 e. The molecule has 1 atom stereocenters. The molecule has 0 saturated carbocycles. The molecule has 128 valence electrons. The molecular formula is C18H27ClN2O2. The number of likely N-dealkylation sites (tertiary alicyclic amines) is 1. The summed E-state index contributed by atoms with van der Waals surface area (Å²) in [5.74, 6) is 0.427. The number of carbonyl (C=O) groups is 1. The molecule has 23 heavy (non-hydrogen) atoms. The van der Waals surface area contributed by atoms with Gasteiger partial charge in [-0.2, -0.15) is 0 Å². The van der Waals surface area contributed by atoms with E-state index in [0.29, 0.717) is 5.92 Å². The van der Waals surface area contributed by atoms with E-state index in [1.165, 1.54) is 0 Å². The Morgan fingerprint density at radius 3 is 2.83 bits per heavy atom. The van der Waals surface area contributed by atoms with Crippen molar-refractivity contribution in [2.24, 2.45) is 5.92 Å².